The van der Waals surface area contributed by atoms with Crippen LogP contribution in [0.3, 0.4) is 0 Å². The van der Waals surface area contributed by atoms with E-state index in [1.165, 1.54) is 0 Å². The summed E-state index contributed by atoms with van der Waals surface area (Å²) in [5.74, 6) is -0.690. The highest BCUT2D eigenvalue weighted by atomic mass is 16.3. The van der Waals surface area contributed by atoms with E-state index in [9.17, 15) is 19.5 Å². The van der Waals surface area contributed by atoms with E-state index in [2.05, 4.69) is 22.2 Å². The second-order valence-electron chi connectivity index (χ2n) is 6.41. The predicted molar refractivity (Wildman–Crippen MR) is 80.6 cm³/mol. The number of nitrogens with one attached hydrogen (secondary N) is 1. The van der Waals surface area contributed by atoms with Gasteiger partial charge in [0.15, 0.2) is 0 Å². The zero-order chi connectivity index (χ0) is 16.6. The summed E-state index contributed by atoms with van der Waals surface area (Å²) in [6.45, 7) is 4.00. The molecule has 9 heteroatoms. The fourth-order valence-electron chi connectivity index (χ4n) is 3.34. The summed E-state index contributed by atoms with van der Waals surface area (Å²) < 4.78 is 0. The van der Waals surface area contributed by atoms with Crippen molar-refractivity contribution in [3.05, 3.63) is 0 Å². The molecular formula is C14H23N5O4. The van der Waals surface area contributed by atoms with E-state index < -0.39 is 18.0 Å². The van der Waals surface area contributed by atoms with Gasteiger partial charge >= 0.3 is 6.03 Å². The van der Waals surface area contributed by atoms with Gasteiger partial charge in [0.2, 0.25) is 5.91 Å². The van der Waals surface area contributed by atoms with Crippen LogP contribution in [-0.2, 0) is 9.59 Å². The van der Waals surface area contributed by atoms with Crippen LogP contribution in [0.5, 0.6) is 0 Å². The van der Waals surface area contributed by atoms with Crippen molar-refractivity contribution in [3.63, 3.8) is 0 Å². The lowest BCUT2D eigenvalue weighted by Crippen LogP contribution is -2.52. The van der Waals surface area contributed by atoms with Crippen LogP contribution in [0.15, 0.2) is 0 Å². The minimum absolute atomic E-state index is 0.0569. The Hall–Kier alpha value is -1.71. The Balaban J connectivity index is 1.56. The fraction of sp³-hybridized carbons (Fsp3) is 0.786. The van der Waals surface area contributed by atoms with Gasteiger partial charge in [0.1, 0.15) is 6.54 Å². The van der Waals surface area contributed by atoms with Crippen molar-refractivity contribution < 1.29 is 19.5 Å². The quantitative estimate of drug-likeness (QED) is 0.551. The molecule has 0 unspecified atom stereocenters. The Morgan fingerprint density at radius 1 is 1.22 bits per heavy atom. The van der Waals surface area contributed by atoms with Crippen molar-refractivity contribution in [2.24, 2.45) is 0 Å². The first-order valence-electron chi connectivity index (χ1n) is 7.92. The van der Waals surface area contributed by atoms with E-state index in [1.54, 1.807) is 4.90 Å². The third-order valence-electron chi connectivity index (χ3n) is 4.85. The Morgan fingerprint density at radius 2 is 1.91 bits per heavy atom. The molecule has 0 bridgehead atoms. The minimum Gasteiger partial charge on any atom is -0.390 e. The second kappa shape index (κ2) is 6.42. The van der Waals surface area contributed by atoms with Crippen molar-refractivity contribution in [3.8, 4) is 0 Å². The highest BCUT2D eigenvalue weighted by molar-refractivity contribution is 6.04. The SMILES string of the molecule is CN1CCN([C@@H]2CN(C(=O)CN3C(=O)CNC3=O)C[C@H]2O)CC1. The Kier molecular flexibility index (Phi) is 4.51. The van der Waals surface area contributed by atoms with E-state index in [0.717, 1.165) is 31.1 Å². The number of piperazine rings is 1. The molecule has 0 saturated carbocycles. The number of imide groups is 1. The molecule has 23 heavy (non-hydrogen) atoms. The molecule has 0 aliphatic carbocycles. The number of urea groups is 1. The normalized spacial score (nSPS) is 30.2. The lowest BCUT2D eigenvalue weighted by atomic mass is 10.1. The van der Waals surface area contributed by atoms with Gasteiger partial charge in [0.25, 0.3) is 5.91 Å². The van der Waals surface area contributed by atoms with Gasteiger partial charge in [0, 0.05) is 39.3 Å². The van der Waals surface area contributed by atoms with Gasteiger partial charge in [-0.25, -0.2) is 4.79 Å². The topological polar surface area (TPSA) is 96.4 Å². The maximum absolute atomic E-state index is 12.3. The molecule has 2 atom stereocenters. The van der Waals surface area contributed by atoms with Crippen molar-refractivity contribution >= 4 is 17.8 Å². The van der Waals surface area contributed by atoms with E-state index in [1.807, 2.05) is 0 Å². The molecular weight excluding hydrogens is 302 g/mol. The monoisotopic (exact) mass is 325 g/mol. The smallest absolute Gasteiger partial charge is 0.325 e. The summed E-state index contributed by atoms with van der Waals surface area (Å²) in [5.41, 5.74) is 0. The number of nitrogens with zero attached hydrogens (tertiary/aromatic N) is 4. The van der Waals surface area contributed by atoms with E-state index in [-0.39, 0.29) is 31.6 Å². The molecule has 2 N–H and O–H groups in total. The third-order valence-corrected chi connectivity index (χ3v) is 4.85. The molecule has 3 rings (SSSR count). The standard InChI is InChI=1S/C14H23N5O4/c1-16-2-4-17(5-3-16)10-7-18(8-11(10)20)13(22)9-19-12(21)6-15-14(19)23/h10-11,20H,2-9H2,1H3,(H,15,23)/t10-,11-/m1/s1. The molecule has 3 aliphatic rings. The molecule has 3 aliphatic heterocycles. The van der Waals surface area contributed by atoms with E-state index >= 15 is 0 Å². The number of likely N-dealkylation sites (N-methyl/N-ethyl adjacent to an activating group) is 1. The average Bonchev–Trinajstić information content (AvgIpc) is 3.05. The van der Waals surface area contributed by atoms with E-state index in [0.29, 0.717) is 6.54 Å². The number of rotatable bonds is 3. The van der Waals surface area contributed by atoms with E-state index in [4.69, 9.17) is 0 Å². The van der Waals surface area contributed by atoms with Crippen LogP contribution in [0.4, 0.5) is 4.79 Å². The number of aliphatic hydroxyl groups is 1. The lowest BCUT2D eigenvalue weighted by molar-refractivity contribution is -0.136. The van der Waals surface area contributed by atoms with Gasteiger partial charge in [-0.05, 0) is 7.05 Å². The van der Waals surface area contributed by atoms with Crippen molar-refractivity contribution in [1.82, 2.24) is 24.9 Å². The molecule has 128 valence electrons. The Bertz CT molecular complexity index is 489. The Morgan fingerprint density at radius 3 is 2.52 bits per heavy atom. The number of likely N-dealkylation sites (tertiary alicyclic amines) is 1. The molecule has 4 amide bonds. The van der Waals surface area contributed by atoms with Gasteiger partial charge < -0.3 is 20.2 Å². The van der Waals surface area contributed by atoms with Crippen LogP contribution in [0.25, 0.3) is 0 Å². The first-order chi connectivity index (χ1) is 11.0. The fourth-order valence-corrected chi connectivity index (χ4v) is 3.34. The summed E-state index contributed by atoms with van der Waals surface area (Å²) >= 11 is 0. The summed E-state index contributed by atoms with van der Waals surface area (Å²) in [7, 11) is 2.07. The van der Waals surface area contributed by atoms with Crippen molar-refractivity contribution in [2.75, 3.05) is 59.4 Å². The number of β-amino-alcohol motifs (C(OH)–C–C–N with tert-alkyl or cyclic N) is 1. The molecule has 9 nitrogen and oxygen atoms in total. The van der Waals surface area contributed by atoms with Crippen LogP contribution in [0.1, 0.15) is 0 Å². The zero-order valence-electron chi connectivity index (χ0n) is 13.3. The number of hydrogen-bond donors (Lipinski definition) is 2. The third kappa shape index (κ3) is 3.31. The molecule has 0 radical (unpaired) electrons. The summed E-state index contributed by atoms with van der Waals surface area (Å²) in [6, 6.07) is -0.602. The molecule has 3 heterocycles. The highest BCUT2D eigenvalue weighted by Gasteiger charge is 2.40. The van der Waals surface area contributed by atoms with Gasteiger partial charge in [-0.15, -0.1) is 0 Å². The number of hydrogen-bond acceptors (Lipinski definition) is 6. The molecule has 0 aromatic heterocycles. The maximum Gasteiger partial charge on any atom is 0.325 e. The molecule has 0 spiro atoms. The zero-order valence-corrected chi connectivity index (χ0v) is 13.3. The number of carbonyl (C=O) groups is 3. The average molecular weight is 325 g/mol. The van der Waals surface area contributed by atoms with Crippen LogP contribution in [0, 0.1) is 0 Å². The predicted octanol–water partition coefficient (Wildman–Crippen LogP) is -2.64. The van der Waals surface area contributed by atoms with Crippen LogP contribution < -0.4 is 5.32 Å². The largest absolute Gasteiger partial charge is 0.390 e. The molecule has 0 aromatic rings. The summed E-state index contributed by atoms with van der Waals surface area (Å²) in [6.07, 6.45) is -0.592. The molecule has 3 fully saturated rings. The number of carbonyl (C=O) groups excluding carboxylic acids is 3. The number of aliphatic hydroxyl groups excluding tert-OH is 1. The summed E-state index contributed by atoms with van der Waals surface area (Å²) in [4.78, 5) is 42.3. The van der Waals surface area contributed by atoms with Crippen LogP contribution in [0.2, 0.25) is 0 Å². The van der Waals surface area contributed by atoms with Crippen LogP contribution >= 0.6 is 0 Å². The van der Waals surface area contributed by atoms with Crippen molar-refractivity contribution in [2.45, 2.75) is 12.1 Å². The van der Waals surface area contributed by atoms with Gasteiger partial charge in [-0.3, -0.25) is 19.4 Å². The van der Waals surface area contributed by atoms with Gasteiger partial charge in [-0.2, -0.15) is 0 Å². The summed E-state index contributed by atoms with van der Waals surface area (Å²) in [5, 5.41) is 12.7. The first-order valence-corrected chi connectivity index (χ1v) is 7.92. The molecule has 3 saturated heterocycles. The minimum atomic E-state index is -0.592. The maximum atomic E-state index is 12.3. The van der Waals surface area contributed by atoms with Crippen molar-refractivity contribution in [1.29, 1.82) is 0 Å². The van der Waals surface area contributed by atoms with Gasteiger partial charge in [-0.1, -0.05) is 0 Å². The highest BCUT2D eigenvalue weighted by Crippen LogP contribution is 2.18. The lowest BCUT2D eigenvalue weighted by Gasteiger charge is -2.37. The second-order valence-corrected chi connectivity index (χ2v) is 6.41. The van der Waals surface area contributed by atoms with Gasteiger partial charge in [0.05, 0.1) is 18.7 Å². The molecule has 0 aromatic carbocycles. The Labute approximate surface area is 134 Å². The first kappa shape index (κ1) is 16.2. The van der Waals surface area contributed by atoms with Crippen LogP contribution in [-0.4, -0.2) is 114 Å². The number of amides is 4.